The summed E-state index contributed by atoms with van der Waals surface area (Å²) in [5.41, 5.74) is -1.62. The molecule has 2 fully saturated rings. The molecule has 1 aliphatic carbocycles. The van der Waals surface area contributed by atoms with Gasteiger partial charge in [-0.05, 0) is 80.3 Å². The summed E-state index contributed by atoms with van der Waals surface area (Å²) in [5.74, 6) is -2.61. The maximum Gasteiger partial charge on any atom is 0.259 e. The number of hydrogen-bond acceptors (Lipinski definition) is 4. The minimum atomic E-state index is -2.80. The lowest BCUT2D eigenvalue weighted by Gasteiger charge is -2.43. The first-order valence-electron chi connectivity index (χ1n) is 12.0. The first kappa shape index (κ1) is 13.8. The minimum Gasteiger partial charge on any atom is -0.355 e. The summed E-state index contributed by atoms with van der Waals surface area (Å²) < 4.78 is 60.1. The summed E-state index contributed by atoms with van der Waals surface area (Å²) in [5, 5.41) is 10.9. The van der Waals surface area contributed by atoms with Crippen LogP contribution in [-0.2, 0) is 4.79 Å². The molecule has 1 N–H and O–H groups in total. The van der Waals surface area contributed by atoms with E-state index in [1.54, 1.807) is 5.32 Å². The van der Waals surface area contributed by atoms with Gasteiger partial charge in [-0.3, -0.25) is 14.5 Å². The van der Waals surface area contributed by atoms with Gasteiger partial charge in [-0.2, -0.15) is 5.26 Å². The van der Waals surface area contributed by atoms with Crippen LogP contribution in [0.3, 0.4) is 0 Å². The summed E-state index contributed by atoms with van der Waals surface area (Å²) >= 11 is 5.60. The SMILES string of the molecule is [2H]C([2H])([2H])NC(=O)c1ccc(N2C(=S)N(c3ccc(C#N)cc3C([2H])([2H])[2H])C(=O)C23CCC3)cc1F. The van der Waals surface area contributed by atoms with Gasteiger partial charge in [-0.25, -0.2) is 4.39 Å². The fourth-order valence-corrected chi connectivity index (χ4v) is 4.35. The van der Waals surface area contributed by atoms with Crippen molar-refractivity contribution in [3.8, 4) is 6.07 Å². The molecule has 2 amide bonds. The number of rotatable bonds is 3. The van der Waals surface area contributed by atoms with E-state index < -0.39 is 42.6 Å². The number of nitriles is 1. The molecular weight excluding hydrogens is 403 g/mol. The van der Waals surface area contributed by atoms with Gasteiger partial charge in [-0.15, -0.1) is 0 Å². The summed E-state index contributed by atoms with van der Waals surface area (Å²) in [4.78, 5) is 28.4. The smallest absolute Gasteiger partial charge is 0.259 e. The molecule has 1 heterocycles. The first-order chi connectivity index (χ1) is 16.7. The van der Waals surface area contributed by atoms with E-state index in [-0.39, 0.29) is 27.6 Å². The number of nitrogens with one attached hydrogen (secondary N) is 1. The molecule has 8 heteroatoms. The molecule has 0 bridgehead atoms. The number of carbonyl (C=O) groups is 2. The number of aryl methyl sites for hydroxylation is 1. The Labute approximate surface area is 187 Å². The highest BCUT2D eigenvalue weighted by molar-refractivity contribution is 7.81. The zero-order valence-electron chi connectivity index (χ0n) is 21.5. The molecule has 1 saturated carbocycles. The number of benzene rings is 2. The number of hydrogen-bond donors (Lipinski definition) is 1. The van der Waals surface area contributed by atoms with E-state index in [9.17, 15) is 19.2 Å². The Morgan fingerprint density at radius 2 is 2.13 bits per heavy atom. The highest BCUT2D eigenvalue weighted by Gasteiger charge is 2.59. The maximum atomic E-state index is 14.9. The Morgan fingerprint density at radius 1 is 1.33 bits per heavy atom. The molecule has 1 saturated heterocycles. The normalized spacial score (nSPS) is 20.9. The standard InChI is InChI=1S/C22H19FN4O2S/c1-13-10-14(12-24)4-7-18(13)26-20(29)22(8-3-9-22)27(21(26)30)15-5-6-16(17(23)11-15)19(28)25-2/h4-7,10-11H,3,8-9H2,1-2H3,(H,25,28)/i1D3,2D3. The average molecular weight is 429 g/mol. The van der Waals surface area contributed by atoms with Gasteiger partial charge < -0.3 is 10.2 Å². The number of anilines is 2. The third kappa shape index (κ3) is 2.77. The molecule has 4 rings (SSSR count). The highest BCUT2D eigenvalue weighted by Crippen LogP contribution is 2.48. The van der Waals surface area contributed by atoms with Gasteiger partial charge in [0.2, 0.25) is 0 Å². The van der Waals surface area contributed by atoms with Gasteiger partial charge in [0.15, 0.2) is 5.11 Å². The predicted octanol–water partition coefficient (Wildman–Crippen LogP) is 3.43. The predicted molar refractivity (Wildman–Crippen MR) is 115 cm³/mol. The molecule has 1 aliphatic heterocycles. The molecule has 152 valence electrons. The lowest BCUT2D eigenvalue weighted by Crippen LogP contribution is -2.55. The van der Waals surface area contributed by atoms with Crippen LogP contribution in [0.2, 0.25) is 0 Å². The Morgan fingerprint density at radius 3 is 2.73 bits per heavy atom. The van der Waals surface area contributed by atoms with Crippen LogP contribution in [0.15, 0.2) is 36.4 Å². The summed E-state index contributed by atoms with van der Waals surface area (Å²) in [6, 6.07) is 9.24. The molecule has 1 spiro atoms. The highest BCUT2D eigenvalue weighted by atomic mass is 32.1. The minimum absolute atomic E-state index is 0.00641. The van der Waals surface area contributed by atoms with Crippen LogP contribution in [0.5, 0.6) is 0 Å². The molecule has 6 nitrogen and oxygen atoms in total. The molecule has 0 atom stereocenters. The largest absolute Gasteiger partial charge is 0.355 e. The quantitative estimate of drug-likeness (QED) is 0.758. The molecular formula is C22H19FN4O2S. The maximum absolute atomic E-state index is 14.9. The van der Waals surface area contributed by atoms with Crippen LogP contribution >= 0.6 is 12.2 Å². The van der Waals surface area contributed by atoms with E-state index in [0.29, 0.717) is 19.3 Å². The van der Waals surface area contributed by atoms with Gasteiger partial charge in [0, 0.05) is 20.9 Å². The zero-order chi connectivity index (χ0) is 26.6. The second-order valence-electron chi connectivity index (χ2n) is 7.11. The Bertz CT molecular complexity index is 1330. The topological polar surface area (TPSA) is 76.4 Å². The van der Waals surface area contributed by atoms with E-state index in [4.69, 9.17) is 20.4 Å². The zero-order valence-corrected chi connectivity index (χ0v) is 16.3. The van der Waals surface area contributed by atoms with E-state index >= 15 is 0 Å². The number of amides is 2. The van der Waals surface area contributed by atoms with Crippen molar-refractivity contribution in [3.63, 3.8) is 0 Å². The van der Waals surface area contributed by atoms with Crippen LogP contribution in [-0.4, -0.2) is 29.4 Å². The molecule has 0 radical (unpaired) electrons. The lowest BCUT2D eigenvalue weighted by atomic mass is 9.75. The van der Waals surface area contributed by atoms with Crippen molar-refractivity contribution in [1.29, 1.82) is 5.26 Å². The van der Waals surface area contributed by atoms with Crippen LogP contribution in [0.1, 0.15) is 49.0 Å². The van der Waals surface area contributed by atoms with E-state index in [2.05, 4.69) is 0 Å². The van der Waals surface area contributed by atoms with Gasteiger partial charge in [-0.1, -0.05) is 0 Å². The van der Waals surface area contributed by atoms with Crippen molar-refractivity contribution in [2.45, 2.75) is 31.7 Å². The molecule has 2 aromatic carbocycles. The van der Waals surface area contributed by atoms with Crippen LogP contribution in [0.25, 0.3) is 0 Å². The monoisotopic (exact) mass is 428 g/mol. The molecule has 2 aliphatic rings. The van der Waals surface area contributed by atoms with Gasteiger partial charge in [0.05, 0.1) is 22.9 Å². The molecule has 0 unspecified atom stereocenters. The van der Waals surface area contributed by atoms with E-state index in [1.807, 2.05) is 6.07 Å². The van der Waals surface area contributed by atoms with Crippen molar-refractivity contribution < 1.29 is 22.2 Å². The van der Waals surface area contributed by atoms with Gasteiger partial charge in [0.1, 0.15) is 11.4 Å². The third-order valence-corrected chi connectivity index (χ3v) is 5.89. The number of nitrogens with zero attached hydrogens (tertiary/aromatic N) is 3. The summed E-state index contributed by atoms with van der Waals surface area (Å²) in [6.45, 7) is -5.45. The molecule has 30 heavy (non-hydrogen) atoms. The Kier molecular flexibility index (Phi) is 3.31. The number of carbonyl (C=O) groups excluding carboxylic acids is 2. The first-order valence-corrected chi connectivity index (χ1v) is 9.46. The van der Waals surface area contributed by atoms with Crippen molar-refractivity contribution in [2.24, 2.45) is 0 Å². The van der Waals surface area contributed by atoms with Crippen LogP contribution < -0.4 is 15.1 Å². The van der Waals surface area contributed by atoms with Crippen LogP contribution in [0, 0.1) is 24.0 Å². The van der Waals surface area contributed by atoms with Crippen molar-refractivity contribution in [2.75, 3.05) is 16.8 Å². The second-order valence-corrected chi connectivity index (χ2v) is 7.47. The fraction of sp³-hybridized carbons (Fsp3) is 0.273. The van der Waals surface area contributed by atoms with E-state index in [0.717, 1.165) is 17.0 Å². The third-order valence-electron chi connectivity index (χ3n) is 5.53. The Balaban J connectivity index is 1.78. The average Bonchev–Trinajstić information content (AvgIpc) is 2.98. The van der Waals surface area contributed by atoms with E-state index in [1.165, 1.54) is 29.2 Å². The van der Waals surface area contributed by atoms with Crippen LogP contribution in [0.4, 0.5) is 15.8 Å². The summed E-state index contributed by atoms with van der Waals surface area (Å²) in [6.07, 6.45) is 1.44. The van der Waals surface area contributed by atoms with Gasteiger partial charge in [0.25, 0.3) is 11.8 Å². The Hall–Kier alpha value is -3.31. The molecule has 0 aromatic heterocycles. The fourth-order valence-electron chi connectivity index (χ4n) is 3.89. The van der Waals surface area contributed by atoms with Crippen molar-refractivity contribution >= 4 is 40.5 Å². The van der Waals surface area contributed by atoms with Gasteiger partial charge >= 0.3 is 0 Å². The lowest BCUT2D eigenvalue weighted by molar-refractivity contribution is -0.123. The number of thiocarbonyl (C=S) groups is 1. The number of halogens is 1. The van der Waals surface area contributed by atoms with Crippen molar-refractivity contribution in [1.82, 2.24) is 5.32 Å². The second kappa shape index (κ2) is 7.18. The van der Waals surface area contributed by atoms with Crippen molar-refractivity contribution in [3.05, 3.63) is 58.9 Å². The summed E-state index contributed by atoms with van der Waals surface area (Å²) in [7, 11) is 0. The molecule has 2 aromatic rings.